The van der Waals surface area contributed by atoms with Gasteiger partial charge in [0.05, 0.1) is 0 Å². The molecule has 2 amide bonds. The summed E-state index contributed by atoms with van der Waals surface area (Å²) in [5, 5.41) is 4.29. The molecule has 0 saturated heterocycles. The molecule has 0 bridgehead atoms. The van der Waals surface area contributed by atoms with Crippen molar-refractivity contribution in [2.75, 3.05) is 10.8 Å². The molecule has 2 aromatic carbocycles. The highest BCUT2D eigenvalue weighted by Gasteiger charge is 2.34. The molecule has 0 unspecified atom stereocenters. The van der Waals surface area contributed by atoms with Crippen LogP contribution in [0.15, 0.2) is 48.5 Å². The molecule has 1 fully saturated rings. The van der Waals surface area contributed by atoms with Crippen molar-refractivity contribution in [3.8, 4) is 0 Å². The van der Waals surface area contributed by atoms with Crippen molar-refractivity contribution in [3.63, 3.8) is 0 Å². The Balaban J connectivity index is 2.01. The normalized spacial score (nSPS) is 19.7. The van der Waals surface area contributed by atoms with Gasteiger partial charge in [0.2, 0.25) is 11.8 Å². The number of halogens is 3. The van der Waals surface area contributed by atoms with Crippen LogP contribution in [0, 0.1) is 5.92 Å². The van der Waals surface area contributed by atoms with Gasteiger partial charge in [0.25, 0.3) is 0 Å². The minimum atomic E-state index is -0.871. The van der Waals surface area contributed by atoms with E-state index in [9.17, 15) is 9.59 Å². The van der Waals surface area contributed by atoms with Crippen LogP contribution in [0.2, 0.25) is 10.0 Å². The van der Waals surface area contributed by atoms with Crippen LogP contribution in [0.5, 0.6) is 0 Å². The van der Waals surface area contributed by atoms with Crippen LogP contribution in [0.3, 0.4) is 0 Å². The van der Waals surface area contributed by atoms with Crippen molar-refractivity contribution >= 4 is 52.3 Å². The summed E-state index contributed by atoms with van der Waals surface area (Å²) in [7, 11) is 0. The van der Waals surface area contributed by atoms with E-state index in [1.165, 1.54) is 11.3 Å². The summed E-state index contributed by atoms with van der Waals surface area (Å²) >= 11 is 18.0. The van der Waals surface area contributed by atoms with Crippen LogP contribution in [0.4, 0.5) is 5.69 Å². The minimum Gasteiger partial charge on any atom is -0.351 e. The molecule has 0 spiro atoms. The molecule has 3 rings (SSSR count). The van der Waals surface area contributed by atoms with Gasteiger partial charge in [-0.1, -0.05) is 55.1 Å². The first-order valence-corrected chi connectivity index (χ1v) is 11.4. The van der Waals surface area contributed by atoms with Gasteiger partial charge in [-0.25, -0.2) is 0 Å². The third-order valence-electron chi connectivity index (χ3n) is 5.62. The number of rotatable bonds is 6. The van der Waals surface area contributed by atoms with Crippen LogP contribution in [-0.2, 0) is 9.59 Å². The first-order valence-electron chi connectivity index (χ1n) is 10.1. The van der Waals surface area contributed by atoms with Crippen LogP contribution in [0.1, 0.15) is 44.2 Å². The van der Waals surface area contributed by atoms with Crippen LogP contribution >= 0.6 is 34.8 Å². The van der Waals surface area contributed by atoms with E-state index in [1.807, 2.05) is 0 Å². The SMILES string of the molecule is C[C@@H]1CCCC[C@H]1NC(=O)[C@H](c1ccc(Cl)cc1)N(C(=O)CCl)c1ccc(Cl)cc1. The monoisotopic (exact) mass is 466 g/mol. The summed E-state index contributed by atoms with van der Waals surface area (Å²) in [5.41, 5.74) is 1.21. The Bertz CT molecular complexity index is 871. The van der Waals surface area contributed by atoms with Gasteiger partial charge < -0.3 is 5.32 Å². The molecule has 160 valence electrons. The Morgan fingerprint density at radius 3 is 2.13 bits per heavy atom. The zero-order chi connectivity index (χ0) is 21.7. The van der Waals surface area contributed by atoms with Crippen molar-refractivity contribution in [2.24, 2.45) is 5.92 Å². The molecule has 0 heterocycles. The molecule has 0 aromatic heterocycles. The average molecular weight is 468 g/mol. The second-order valence-electron chi connectivity index (χ2n) is 7.70. The van der Waals surface area contributed by atoms with E-state index < -0.39 is 6.04 Å². The highest BCUT2D eigenvalue weighted by atomic mass is 35.5. The maximum Gasteiger partial charge on any atom is 0.248 e. The molecule has 0 aliphatic heterocycles. The molecule has 7 heteroatoms. The zero-order valence-corrected chi connectivity index (χ0v) is 19.1. The van der Waals surface area contributed by atoms with Crippen molar-refractivity contribution in [3.05, 3.63) is 64.1 Å². The van der Waals surface area contributed by atoms with Gasteiger partial charge >= 0.3 is 0 Å². The quantitative estimate of drug-likeness (QED) is 0.530. The van der Waals surface area contributed by atoms with E-state index in [-0.39, 0.29) is 23.7 Å². The van der Waals surface area contributed by atoms with Gasteiger partial charge in [0.1, 0.15) is 11.9 Å². The highest BCUT2D eigenvalue weighted by Crippen LogP contribution is 2.31. The first kappa shape index (κ1) is 22.9. The Hall–Kier alpha value is -1.75. The predicted octanol–water partition coefficient (Wildman–Crippen LogP) is 6.00. The van der Waals surface area contributed by atoms with E-state index in [2.05, 4.69) is 12.2 Å². The summed E-state index contributed by atoms with van der Waals surface area (Å²) in [6, 6.07) is 13.0. The Morgan fingerprint density at radius 2 is 1.57 bits per heavy atom. The second kappa shape index (κ2) is 10.5. The molecule has 3 atom stereocenters. The van der Waals surface area contributed by atoms with Crippen LogP contribution < -0.4 is 10.2 Å². The number of anilines is 1. The van der Waals surface area contributed by atoms with E-state index in [0.29, 0.717) is 27.2 Å². The number of hydrogen-bond donors (Lipinski definition) is 1. The fourth-order valence-corrected chi connectivity index (χ4v) is 4.34. The number of benzene rings is 2. The van der Waals surface area contributed by atoms with Gasteiger partial charge in [-0.15, -0.1) is 11.6 Å². The van der Waals surface area contributed by atoms with Gasteiger partial charge in [-0.3, -0.25) is 14.5 Å². The highest BCUT2D eigenvalue weighted by molar-refractivity contribution is 6.31. The summed E-state index contributed by atoms with van der Waals surface area (Å²) in [6.45, 7) is 2.16. The summed E-state index contributed by atoms with van der Waals surface area (Å²) in [6.07, 6.45) is 4.28. The van der Waals surface area contributed by atoms with Gasteiger partial charge in [-0.2, -0.15) is 0 Å². The zero-order valence-electron chi connectivity index (χ0n) is 16.8. The Morgan fingerprint density at radius 1 is 1.00 bits per heavy atom. The fraction of sp³-hybridized carbons (Fsp3) is 0.391. The van der Waals surface area contributed by atoms with Gasteiger partial charge in [0, 0.05) is 21.8 Å². The molecule has 1 saturated carbocycles. The van der Waals surface area contributed by atoms with Gasteiger partial charge in [-0.05, 0) is 60.7 Å². The molecule has 0 radical (unpaired) electrons. The Labute approximate surface area is 192 Å². The molecular formula is C23H25Cl3N2O2. The lowest BCUT2D eigenvalue weighted by Gasteiger charge is -2.35. The topological polar surface area (TPSA) is 49.4 Å². The minimum absolute atomic E-state index is 0.0826. The maximum absolute atomic E-state index is 13.5. The predicted molar refractivity (Wildman–Crippen MR) is 123 cm³/mol. The molecular weight excluding hydrogens is 443 g/mol. The number of hydrogen-bond acceptors (Lipinski definition) is 2. The van der Waals surface area contributed by atoms with Gasteiger partial charge in [0.15, 0.2) is 0 Å². The van der Waals surface area contributed by atoms with Crippen molar-refractivity contribution in [2.45, 2.75) is 44.7 Å². The average Bonchev–Trinajstić information content (AvgIpc) is 2.75. The molecule has 30 heavy (non-hydrogen) atoms. The molecule has 1 aliphatic carbocycles. The smallest absolute Gasteiger partial charge is 0.248 e. The molecule has 1 N–H and O–H groups in total. The first-order chi connectivity index (χ1) is 14.4. The van der Waals surface area contributed by atoms with Crippen LogP contribution in [0.25, 0.3) is 0 Å². The molecule has 4 nitrogen and oxygen atoms in total. The second-order valence-corrected chi connectivity index (χ2v) is 8.84. The number of carbonyl (C=O) groups is 2. The lowest BCUT2D eigenvalue weighted by Crippen LogP contribution is -2.49. The van der Waals surface area contributed by atoms with E-state index in [1.54, 1.807) is 48.5 Å². The standard InChI is InChI=1S/C23H25Cl3N2O2/c1-15-4-2-3-5-20(15)27-23(30)22(16-6-8-17(25)9-7-16)28(21(29)14-24)19-12-10-18(26)11-13-19/h6-13,15,20,22H,2-5,14H2,1H3,(H,27,30)/t15-,20-,22+/m1/s1. The van der Waals surface area contributed by atoms with Crippen molar-refractivity contribution < 1.29 is 9.59 Å². The number of alkyl halides is 1. The lowest BCUT2D eigenvalue weighted by molar-refractivity contribution is -0.126. The van der Waals surface area contributed by atoms with Crippen LogP contribution in [-0.4, -0.2) is 23.7 Å². The molecule has 1 aliphatic rings. The summed E-state index contributed by atoms with van der Waals surface area (Å²) in [5.74, 6) is -0.462. The third kappa shape index (κ3) is 5.48. The molecule has 2 aromatic rings. The number of amides is 2. The number of nitrogens with one attached hydrogen (secondary N) is 1. The lowest BCUT2D eigenvalue weighted by atomic mass is 9.85. The van der Waals surface area contributed by atoms with Crippen molar-refractivity contribution in [1.82, 2.24) is 5.32 Å². The largest absolute Gasteiger partial charge is 0.351 e. The number of carbonyl (C=O) groups excluding carboxylic acids is 2. The summed E-state index contributed by atoms with van der Waals surface area (Å²) < 4.78 is 0. The van der Waals surface area contributed by atoms with E-state index in [4.69, 9.17) is 34.8 Å². The Kier molecular flexibility index (Phi) is 8.04. The van der Waals surface area contributed by atoms with E-state index in [0.717, 1.165) is 19.3 Å². The third-order valence-corrected chi connectivity index (χ3v) is 6.35. The van der Waals surface area contributed by atoms with Crippen molar-refractivity contribution in [1.29, 1.82) is 0 Å². The number of nitrogens with zero attached hydrogens (tertiary/aromatic N) is 1. The fourth-order valence-electron chi connectivity index (χ4n) is 3.96. The maximum atomic E-state index is 13.5. The summed E-state index contributed by atoms with van der Waals surface area (Å²) in [4.78, 5) is 27.9. The van der Waals surface area contributed by atoms with E-state index >= 15 is 0 Å².